The minimum Gasteiger partial charge on any atom is -0.406 e. The third-order valence-electron chi connectivity index (χ3n) is 5.17. The number of halogens is 5. The first-order valence-electron chi connectivity index (χ1n) is 10.2. The summed E-state index contributed by atoms with van der Waals surface area (Å²) in [7, 11) is 0. The Labute approximate surface area is 191 Å². The molecule has 3 aromatic rings. The van der Waals surface area contributed by atoms with Gasteiger partial charge in [-0.3, -0.25) is 0 Å². The van der Waals surface area contributed by atoms with Gasteiger partial charge in [0.15, 0.2) is 0 Å². The zero-order valence-corrected chi connectivity index (χ0v) is 17.5. The number of nitrogens with one attached hydrogen (secondary N) is 1. The molecule has 34 heavy (non-hydrogen) atoms. The van der Waals surface area contributed by atoms with Crippen LogP contribution in [0.15, 0.2) is 77.9 Å². The number of rotatable bonds is 4. The Morgan fingerprint density at radius 3 is 2.09 bits per heavy atom. The third kappa shape index (κ3) is 5.69. The zero-order chi connectivity index (χ0) is 24.3. The highest BCUT2D eigenvalue weighted by Gasteiger charge is 2.31. The Morgan fingerprint density at radius 2 is 1.50 bits per heavy atom. The van der Waals surface area contributed by atoms with Crippen molar-refractivity contribution in [3.8, 4) is 5.75 Å². The van der Waals surface area contributed by atoms with E-state index in [-0.39, 0.29) is 24.0 Å². The van der Waals surface area contributed by atoms with Crippen LogP contribution in [0.2, 0.25) is 0 Å². The van der Waals surface area contributed by atoms with Gasteiger partial charge in [0.05, 0.1) is 5.71 Å². The number of hydrogen-bond donors (Lipinski definition) is 1. The second-order valence-electron chi connectivity index (χ2n) is 7.51. The van der Waals surface area contributed by atoms with E-state index in [1.807, 2.05) is 0 Å². The van der Waals surface area contributed by atoms with E-state index < -0.39 is 24.0 Å². The highest BCUT2D eigenvalue weighted by molar-refractivity contribution is 6.06. The molecule has 176 valence electrons. The van der Waals surface area contributed by atoms with Crippen LogP contribution in [0.1, 0.15) is 23.5 Å². The van der Waals surface area contributed by atoms with Crippen molar-refractivity contribution in [2.45, 2.75) is 18.7 Å². The van der Waals surface area contributed by atoms with Crippen molar-refractivity contribution in [2.75, 3.05) is 11.9 Å². The summed E-state index contributed by atoms with van der Waals surface area (Å²) in [5.74, 6) is -1.48. The Bertz CT molecular complexity index is 1180. The molecule has 0 bridgehead atoms. The van der Waals surface area contributed by atoms with E-state index in [0.717, 1.165) is 17.7 Å². The van der Waals surface area contributed by atoms with Crippen molar-refractivity contribution in [3.05, 3.63) is 95.6 Å². The molecule has 0 aromatic heterocycles. The summed E-state index contributed by atoms with van der Waals surface area (Å²) in [5.41, 5.74) is 2.15. The van der Waals surface area contributed by atoms with Gasteiger partial charge in [-0.25, -0.2) is 18.6 Å². The molecule has 0 saturated heterocycles. The highest BCUT2D eigenvalue weighted by atomic mass is 19.4. The molecule has 10 heteroatoms. The molecule has 0 fully saturated rings. The predicted octanol–water partition coefficient (Wildman–Crippen LogP) is 6.29. The molecule has 0 radical (unpaired) electrons. The Balaban J connectivity index is 1.56. The predicted molar refractivity (Wildman–Crippen MR) is 116 cm³/mol. The lowest BCUT2D eigenvalue weighted by Crippen LogP contribution is -2.38. The normalized spacial score (nSPS) is 16.1. The van der Waals surface area contributed by atoms with Crippen molar-refractivity contribution in [3.63, 3.8) is 0 Å². The van der Waals surface area contributed by atoms with Crippen molar-refractivity contribution >= 4 is 17.4 Å². The van der Waals surface area contributed by atoms with Crippen LogP contribution in [0, 0.1) is 11.6 Å². The second kappa shape index (κ2) is 9.50. The minimum atomic E-state index is -4.81. The fraction of sp³-hybridized carbons (Fsp3) is 0.167. The average molecular weight is 475 g/mol. The van der Waals surface area contributed by atoms with Crippen LogP contribution in [-0.2, 0) is 0 Å². The molecule has 1 unspecified atom stereocenters. The number of benzene rings is 3. The fourth-order valence-electron chi connectivity index (χ4n) is 3.61. The summed E-state index contributed by atoms with van der Waals surface area (Å²) in [5, 5.41) is 8.24. The number of hydrazone groups is 1. The van der Waals surface area contributed by atoms with E-state index in [1.54, 1.807) is 24.3 Å². The van der Waals surface area contributed by atoms with Gasteiger partial charge < -0.3 is 10.1 Å². The van der Waals surface area contributed by atoms with Gasteiger partial charge in [-0.1, -0.05) is 24.3 Å². The van der Waals surface area contributed by atoms with Gasteiger partial charge in [0.25, 0.3) is 0 Å². The number of carbonyl (C=O) groups excluding carboxylic acids is 1. The van der Waals surface area contributed by atoms with Crippen LogP contribution < -0.4 is 10.1 Å². The maximum Gasteiger partial charge on any atom is 0.573 e. The summed E-state index contributed by atoms with van der Waals surface area (Å²) in [6.45, 7) is 0.230. The summed E-state index contributed by atoms with van der Waals surface area (Å²) in [6, 6.07) is 15.7. The number of nitrogens with zero attached hydrogens (tertiary/aromatic N) is 2. The van der Waals surface area contributed by atoms with Crippen LogP contribution >= 0.6 is 0 Å². The van der Waals surface area contributed by atoms with Crippen molar-refractivity contribution in [2.24, 2.45) is 5.10 Å². The van der Waals surface area contributed by atoms with Crippen LogP contribution in [-0.4, -0.2) is 29.7 Å². The molecule has 3 aromatic carbocycles. The van der Waals surface area contributed by atoms with Gasteiger partial charge in [-0.15, -0.1) is 13.2 Å². The molecular weight excluding hydrogens is 457 g/mol. The third-order valence-corrected chi connectivity index (χ3v) is 5.17. The van der Waals surface area contributed by atoms with Crippen molar-refractivity contribution in [1.82, 2.24) is 5.01 Å². The standard InChI is InChI=1S/C24H18F5N3O2/c25-17-5-1-15(2-6-17)21-13-14-32(31-22(21)16-3-7-18(26)8-4-16)23(33)30-19-9-11-20(12-10-19)34-24(27,28)29/h1-12,21H,13-14H2,(H,30,33). The van der Waals surface area contributed by atoms with E-state index in [2.05, 4.69) is 15.2 Å². The Kier molecular flexibility index (Phi) is 6.49. The number of alkyl halides is 3. The van der Waals surface area contributed by atoms with Gasteiger partial charge in [-0.2, -0.15) is 5.10 Å². The zero-order valence-electron chi connectivity index (χ0n) is 17.5. The van der Waals surface area contributed by atoms with Crippen LogP contribution in [0.3, 0.4) is 0 Å². The molecule has 0 aliphatic carbocycles. The first-order chi connectivity index (χ1) is 16.2. The topological polar surface area (TPSA) is 53.9 Å². The molecule has 5 nitrogen and oxygen atoms in total. The van der Waals surface area contributed by atoms with Gasteiger partial charge in [0.1, 0.15) is 17.4 Å². The molecule has 1 atom stereocenters. The van der Waals surface area contributed by atoms with Crippen molar-refractivity contribution in [1.29, 1.82) is 0 Å². The van der Waals surface area contributed by atoms with E-state index in [1.165, 1.54) is 41.4 Å². The maximum absolute atomic E-state index is 13.5. The molecule has 1 aliphatic heterocycles. The molecule has 1 N–H and O–H groups in total. The molecule has 0 saturated carbocycles. The van der Waals surface area contributed by atoms with E-state index in [0.29, 0.717) is 17.7 Å². The summed E-state index contributed by atoms with van der Waals surface area (Å²) < 4.78 is 67.6. The van der Waals surface area contributed by atoms with Crippen LogP contribution in [0.25, 0.3) is 0 Å². The van der Waals surface area contributed by atoms with E-state index in [9.17, 15) is 26.7 Å². The number of amides is 2. The molecule has 1 heterocycles. The van der Waals surface area contributed by atoms with E-state index in [4.69, 9.17) is 0 Å². The lowest BCUT2D eigenvalue weighted by molar-refractivity contribution is -0.274. The van der Waals surface area contributed by atoms with Gasteiger partial charge in [0, 0.05) is 18.2 Å². The monoisotopic (exact) mass is 475 g/mol. The van der Waals surface area contributed by atoms with Gasteiger partial charge >= 0.3 is 12.4 Å². The average Bonchev–Trinajstić information content (AvgIpc) is 2.80. The minimum absolute atomic E-state index is 0.230. The largest absolute Gasteiger partial charge is 0.573 e. The first kappa shape index (κ1) is 23.2. The lowest BCUT2D eigenvalue weighted by atomic mass is 9.86. The van der Waals surface area contributed by atoms with Gasteiger partial charge in [-0.05, 0) is 66.1 Å². The second-order valence-corrected chi connectivity index (χ2v) is 7.51. The smallest absolute Gasteiger partial charge is 0.406 e. The van der Waals surface area contributed by atoms with Crippen LogP contribution in [0.5, 0.6) is 5.75 Å². The first-order valence-corrected chi connectivity index (χ1v) is 10.2. The van der Waals surface area contributed by atoms with Crippen LogP contribution in [0.4, 0.5) is 32.4 Å². The summed E-state index contributed by atoms with van der Waals surface area (Å²) in [4.78, 5) is 12.8. The lowest BCUT2D eigenvalue weighted by Gasteiger charge is -2.30. The Hall–Kier alpha value is -3.95. The number of urea groups is 1. The molecular formula is C24H18F5N3O2. The van der Waals surface area contributed by atoms with Gasteiger partial charge in [0.2, 0.25) is 0 Å². The quantitative estimate of drug-likeness (QED) is 0.451. The maximum atomic E-state index is 13.5. The number of anilines is 1. The number of hydrogen-bond acceptors (Lipinski definition) is 3. The van der Waals surface area contributed by atoms with Crippen molar-refractivity contribution < 1.29 is 31.5 Å². The molecule has 2 amide bonds. The number of ether oxygens (including phenoxy) is 1. The summed E-state index contributed by atoms with van der Waals surface area (Å²) >= 11 is 0. The summed E-state index contributed by atoms with van der Waals surface area (Å²) in [6.07, 6.45) is -4.35. The Morgan fingerprint density at radius 1 is 0.912 bits per heavy atom. The highest BCUT2D eigenvalue weighted by Crippen LogP contribution is 2.30. The fourth-order valence-corrected chi connectivity index (χ4v) is 3.61. The molecule has 0 spiro atoms. The number of carbonyl (C=O) groups is 1. The van der Waals surface area contributed by atoms with E-state index >= 15 is 0 Å². The SMILES string of the molecule is O=C(Nc1ccc(OC(F)(F)F)cc1)N1CCC(c2ccc(F)cc2)C(c2ccc(F)cc2)=N1. The molecule has 1 aliphatic rings. The molecule has 4 rings (SSSR count).